The molecule has 1 unspecified atom stereocenters. The largest absolute Gasteiger partial charge is 0.394 e. The van der Waals surface area contributed by atoms with Gasteiger partial charge in [0.1, 0.15) is 5.82 Å². The summed E-state index contributed by atoms with van der Waals surface area (Å²) in [5, 5.41) is 22.1. The Morgan fingerprint density at radius 3 is 2.48 bits per heavy atom. The molecular weight excluding hydrogens is 286 g/mol. The average molecular weight is 302 g/mol. The minimum absolute atomic E-state index is 0.176. The van der Waals surface area contributed by atoms with Gasteiger partial charge in [0.25, 0.3) is 5.91 Å². The molecule has 0 radical (unpaired) electrons. The molecule has 0 saturated heterocycles. The molecule has 1 atom stereocenters. The number of carbonyl (C=O) groups excluding carboxylic acids is 1. The van der Waals surface area contributed by atoms with E-state index in [1.807, 2.05) is 13.8 Å². The highest BCUT2D eigenvalue weighted by atomic mass is 19.1. The van der Waals surface area contributed by atoms with E-state index in [1.54, 1.807) is 0 Å². The molecule has 8 heteroatoms. The fourth-order valence-electron chi connectivity index (χ4n) is 1.86. The summed E-state index contributed by atoms with van der Waals surface area (Å²) >= 11 is 0. The zero-order valence-corrected chi connectivity index (χ0v) is 11.6. The zero-order valence-electron chi connectivity index (χ0n) is 11.6. The molecule has 0 aliphatic heterocycles. The predicted molar refractivity (Wildman–Crippen MR) is 70.8 cm³/mol. The highest BCUT2D eigenvalue weighted by Gasteiger charge is 2.23. The Labute approximate surface area is 119 Å². The maximum absolute atomic E-state index is 13.6. The third-order valence-corrected chi connectivity index (χ3v) is 2.79. The highest BCUT2D eigenvalue weighted by molar-refractivity contribution is 5.95. The molecule has 2 N–H and O–H groups in total. The number of amides is 1. The van der Waals surface area contributed by atoms with Crippen LogP contribution in [0.4, 0.5) is 14.5 Å². The van der Waals surface area contributed by atoms with E-state index in [0.29, 0.717) is 18.6 Å². The van der Waals surface area contributed by atoms with Crippen LogP contribution in [0.1, 0.15) is 30.6 Å². The molecule has 116 valence electrons. The van der Waals surface area contributed by atoms with Crippen LogP contribution in [0.5, 0.6) is 0 Å². The summed E-state index contributed by atoms with van der Waals surface area (Å²) in [6.45, 7) is 3.39. The standard InChI is InChI=1S/C13H16F2N2O4/c1-7(2)3-8(6-18)16-13(19)9-4-12(17(20)21)11(15)5-10(9)14/h4-5,7-8,18H,3,6H2,1-2H3,(H,16,19). The number of aliphatic hydroxyl groups is 1. The summed E-state index contributed by atoms with van der Waals surface area (Å²) in [6, 6.07) is 0.230. The topological polar surface area (TPSA) is 92.5 Å². The first-order valence-corrected chi connectivity index (χ1v) is 6.31. The number of rotatable bonds is 6. The Morgan fingerprint density at radius 1 is 1.38 bits per heavy atom. The second kappa shape index (κ2) is 7.07. The smallest absolute Gasteiger partial charge is 0.305 e. The second-order valence-electron chi connectivity index (χ2n) is 5.02. The lowest BCUT2D eigenvalue weighted by Crippen LogP contribution is -2.38. The van der Waals surface area contributed by atoms with E-state index in [1.165, 1.54) is 0 Å². The molecule has 1 rings (SSSR count). The van der Waals surface area contributed by atoms with Crippen LogP contribution < -0.4 is 5.32 Å². The Kier molecular flexibility index (Phi) is 5.71. The van der Waals surface area contributed by atoms with Gasteiger partial charge in [-0.2, -0.15) is 4.39 Å². The van der Waals surface area contributed by atoms with E-state index >= 15 is 0 Å². The van der Waals surface area contributed by atoms with Crippen molar-refractivity contribution in [3.8, 4) is 0 Å². The third-order valence-electron chi connectivity index (χ3n) is 2.79. The normalized spacial score (nSPS) is 12.3. The molecular formula is C13H16F2N2O4. The molecule has 1 amide bonds. The number of nitrogens with zero attached hydrogens (tertiary/aromatic N) is 1. The number of nitrogens with one attached hydrogen (secondary N) is 1. The number of carbonyl (C=O) groups is 1. The molecule has 0 aromatic heterocycles. The number of hydrogen-bond donors (Lipinski definition) is 2. The van der Waals surface area contributed by atoms with Gasteiger partial charge in [0.05, 0.1) is 23.1 Å². The van der Waals surface area contributed by atoms with Crippen LogP contribution in [0.15, 0.2) is 12.1 Å². The number of benzene rings is 1. The monoisotopic (exact) mass is 302 g/mol. The van der Waals surface area contributed by atoms with Crippen molar-refractivity contribution in [3.05, 3.63) is 39.4 Å². The molecule has 0 fully saturated rings. The van der Waals surface area contributed by atoms with Crippen LogP contribution in [0.25, 0.3) is 0 Å². The number of hydrogen-bond acceptors (Lipinski definition) is 4. The molecule has 6 nitrogen and oxygen atoms in total. The minimum Gasteiger partial charge on any atom is -0.394 e. The first kappa shape index (κ1) is 17.0. The van der Waals surface area contributed by atoms with Crippen LogP contribution in [-0.4, -0.2) is 28.6 Å². The summed E-state index contributed by atoms with van der Waals surface area (Å²) in [6.07, 6.45) is 0.452. The van der Waals surface area contributed by atoms with Crippen molar-refractivity contribution in [3.63, 3.8) is 0 Å². The van der Waals surface area contributed by atoms with E-state index in [4.69, 9.17) is 5.11 Å². The summed E-state index contributed by atoms with van der Waals surface area (Å²) in [4.78, 5) is 21.5. The van der Waals surface area contributed by atoms with Gasteiger partial charge in [-0.3, -0.25) is 14.9 Å². The van der Waals surface area contributed by atoms with E-state index in [-0.39, 0.29) is 12.5 Å². The summed E-state index contributed by atoms with van der Waals surface area (Å²) in [5.41, 5.74) is -1.61. The van der Waals surface area contributed by atoms with Crippen LogP contribution in [-0.2, 0) is 0 Å². The fourth-order valence-corrected chi connectivity index (χ4v) is 1.86. The number of halogens is 2. The molecule has 0 aliphatic rings. The van der Waals surface area contributed by atoms with E-state index < -0.39 is 39.8 Å². The Hall–Kier alpha value is -2.09. The van der Waals surface area contributed by atoms with Crippen molar-refractivity contribution in [2.75, 3.05) is 6.61 Å². The lowest BCUT2D eigenvalue weighted by atomic mass is 10.0. The lowest BCUT2D eigenvalue weighted by Gasteiger charge is -2.18. The second-order valence-corrected chi connectivity index (χ2v) is 5.02. The summed E-state index contributed by atoms with van der Waals surface area (Å²) in [7, 11) is 0. The lowest BCUT2D eigenvalue weighted by molar-refractivity contribution is -0.387. The van der Waals surface area contributed by atoms with Crippen molar-refractivity contribution in [1.29, 1.82) is 0 Å². The van der Waals surface area contributed by atoms with E-state index in [0.717, 1.165) is 0 Å². The van der Waals surface area contributed by atoms with Crippen molar-refractivity contribution in [1.82, 2.24) is 5.32 Å². The van der Waals surface area contributed by atoms with Crippen LogP contribution in [0.2, 0.25) is 0 Å². The minimum atomic E-state index is -1.35. The van der Waals surface area contributed by atoms with Crippen LogP contribution >= 0.6 is 0 Å². The van der Waals surface area contributed by atoms with Crippen molar-refractivity contribution < 1.29 is 23.6 Å². The molecule has 0 saturated carbocycles. The third kappa shape index (κ3) is 4.45. The van der Waals surface area contributed by atoms with Crippen molar-refractivity contribution in [2.24, 2.45) is 5.92 Å². The maximum Gasteiger partial charge on any atom is 0.305 e. The Bertz CT molecular complexity index is 549. The Morgan fingerprint density at radius 2 is 2.00 bits per heavy atom. The van der Waals surface area contributed by atoms with Gasteiger partial charge in [0.2, 0.25) is 5.82 Å². The highest BCUT2D eigenvalue weighted by Crippen LogP contribution is 2.21. The van der Waals surface area contributed by atoms with Gasteiger partial charge in [-0.1, -0.05) is 13.8 Å². The van der Waals surface area contributed by atoms with Gasteiger partial charge < -0.3 is 10.4 Å². The fraction of sp³-hybridized carbons (Fsp3) is 0.462. The maximum atomic E-state index is 13.6. The predicted octanol–water partition coefficient (Wildman–Crippen LogP) is 2.01. The van der Waals surface area contributed by atoms with Gasteiger partial charge in [0.15, 0.2) is 0 Å². The van der Waals surface area contributed by atoms with E-state index in [9.17, 15) is 23.7 Å². The average Bonchev–Trinajstić information content (AvgIpc) is 2.36. The van der Waals surface area contributed by atoms with Gasteiger partial charge >= 0.3 is 5.69 Å². The van der Waals surface area contributed by atoms with Gasteiger partial charge in [0, 0.05) is 12.1 Å². The number of aliphatic hydroxyl groups excluding tert-OH is 1. The van der Waals surface area contributed by atoms with E-state index in [2.05, 4.69) is 5.32 Å². The molecule has 1 aromatic rings. The molecule has 0 spiro atoms. The van der Waals surface area contributed by atoms with Gasteiger partial charge in [-0.15, -0.1) is 0 Å². The van der Waals surface area contributed by atoms with Crippen LogP contribution in [0.3, 0.4) is 0 Å². The molecule has 1 aromatic carbocycles. The molecule has 0 bridgehead atoms. The molecule has 21 heavy (non-hydrogen) atoms. The van der Waals surface area contributed by atoms with Gasteiger partial charge in [-0.25, -0.2) is 4.39 Å². The van der Waals surface area contributed by atoms with Gasteiger partial charge in [-0.05, 0) is 12.3 Å². The molecule has 0 heterocycles. The zero-order chi connectivity index (χ0) is 16.2. The first-order chi connectivity index (χ1) is 9.76. The number of nitro groups is 1. The van der Waals surface area contributed by atoms with Crippen LogP contribution in [0, 0.1) is 27.7 Å². The summed E-state index contributed by atoms with van der Waals surface area (Å²) < 4.78 is 26.8. The Balaban J connectivity index is 3.01. The quantitative estimate of drug-likeness (QED) is 0.621. The SMILES string of the molecule is CC(C)CC(CO)NC(=O)c1cc([N+](=O)[O-])c(F)cc1F. The first-order valence-electron chi connectivity index (χ1n) is 6.31. The summed E-state index contributed by atoms with van der Waals surface area (Å²) in [5.74, 6) is -3.31. The van der Waals surface area contributed by atoms with Crippen molar-refractivity contribution in [2.45, 2.75) is 26.3 Å². The molecule has 0 aliphatic carbocycles. The number of nitro benzene ring substituents is 1. The van der Waals surface area contributed by atoms with Crippen molar-refractivity contribution >= 4 is 11.6 Å².